The molecular formula is C22H18N2O4. The number of carbonyl (C=O) groups is 2. The Morgan fingerprint density at radius 2 is 1.75 bits per heavy atom. The maximum Gasteiger partial charge on any atom is 0.417 e. The Labute approximate surface area is 162 Å². The highest BCUT2D eigenvalue weighted by atomic mass is 16.6. The molecular weight excluding hydrogens is 356 g/mol. The SMILES string of the molecule is Cc1ccc2c(c1)N(C)C(=O)c1cc(NC(=O)Oc3ccccc3)ccc1O2. The van der Waals surface area contributed by atoms with Crippen LogP contribution in [0, 0.1) is 6.92 Å². The Balaban J connectivity index is 1.60. The molecule has 2 amide bonds. The fourth-order valence-corrected chi connectivity index (χ4v) is 2.99. The number of aryl methyl sites for hydroxylation is 1. The van der Waals surface area contributed by atoms with E-state index in [1.807, 2.05) is 31.2 Å². The molecule has 0 spiro atoms. The van der Waals surface area contributed by atoms with Gasteiger partial charge in [0.1, 0.15) is 11.5 Å². The van der Waals surface area contributed by atoms with E-state index in [-0.39, 0.29) is 5.91 Å². The summed E-state index contributed by atoms with van der Waals surface area (Å²) in [5.41, 5.74) is 2.51. The van der Waals surface area contributed by atoms with Crippen LogP contribution in [0.3, 0.4) is 0 Å². The number of benzene rings is 3. The Morgan fingerprint density at radius 1 is 1.00 bits per heavy atom. The van der Waals surface area contributed by atoms with Crippen LogP contribution < -0.4 is 19.7 Å². The molecule has 1 aliphatic rings. The zero-order valence-electron chi connectivity index (χ0n) is 15.4. The molecule has 0 aromatic heterocycles. The van der Waals surface area contributed by atoms with E-state index >= 15 is 0 Å². The van der Waals surface area contributed by atoms with Crippen LogP contribution in [0.15, 0.2) is 66.7 Å². The van der Waals surface area contributed by atoms with E-state index in [4.69, 9.17) is 9.47 Å². The van der Waals surface area contributed by atoms with E-state index in [0.717, 1.165) is 5.56 Å². The molecule has 1 aliphatic heterocycles. The summed E-state index contributed by atoms with van der Waals surface area (Å²) in [6, 6.07) is 19.3. The molecule has 28 heavy (non-hydrogen) atoms. The standard InChI is InChI=1S/C22H18N2O4/c1-14-8-10-20-18(12-14)24(2)21(25)17-13-15(9-11-19(17)28-20)23-22(26)27-16-6-4-3-5-7-16/h3-13H,1-2H3,(H,23,26). The number of para-hydroxylation sites is 1. The minimum atomic E-state index is -0.639. The van der Waals surface area contributed by atoms with Gasteiger partial charge in [0.05, 0.1) is 11.3 Å². The lowest BCUT2D eigenvalue weighted by atomic mass is 10.1. The first kappa shape index (κ1) is 17.6. The number of hydrogen-bond donors (Lipinski definition) is 1. The molecule has 3 aromatic rings. The molecule has 4 rings (SSSR count). The normalized spacial score (nSPS) is 12.4. The zero-order chi connectivity index (χ0) is 19.7. The second-order valence-corrected chi connectivity index (χ2v) is 6.48. The van der Waals surface area contributed by atoms with Crippen molar-refractivity contribution in [3.63, 3.8) is 0 Å². The van der Waals surface area contributed by atoms with Crippen LogP contribution in [-0.4, -0.2) is 19.0 Å². The van der Waals surface area contributed by atoms with Gasteiger partial charge in [-0.15, -0.1) is 0 Å². The van der Waals surface area contributed by atoms with E-state index in [1.54, 1.807) is 54.4 Å². The topological polar surface area (TPSA) is 67.9 Å². The molecule has 0 aliphatic carbocycles. The summed E-state index contributed by atoms with van der Waals surface area (Å²) < 4.78 is 11.2. The number of ether oxygens (including phenoxy) is 2. The van der Waals surface area contributed by atoms with Crippen molar-refractivity contribution in [2.24, 2.45) is 0 Å². The highest BCUT2D eigenvalue weighted by Crippen LogP contribution is 2.39. The van der Waals surface area contributed by atoms with E-state index in [2.05, 4.69) is 5.32 Å². The summed E-state index contributed by atoms with van der Waals surface area (Å²) in [6.45, 7) is 1.96. The van der Waals surface area contributed by atoms with Crippen LogP contribution in [-0.2, 0) is 0 Å². The zero-order valence-corrected chi connectivity index (χ0v) is 15.4. The van der Waals surface area contributed by atoms with Gasteiger partial charge in [-0.2, -0.15) is 0 Å². The summed E-state index contributed by atoms with van der Waals surface area (Å²) in [5.74, 6) is 1.24. The lowest BCUT2D eigenvalue weighted by molar-refractivity contribution is 0.0993. The number of nitrogens with zero attached hydrogens (tertiary/aromatic N) is 1. The predicted molar refractivity (Wildman–Crippen MR) is 107 cm³/mol. The van der Waals surface area contributed by atoms with Crippen molar-refractivity contribution < 1.29 is 19.1 Å². The second kappa shape index (κ2) is 7.08. The van der Waals surface area contributed by atoms with Gasteiger partial charge < -0.3 is 14.4 Å². The first-order valence-electron chi connectivity index (χ1n) is 8.76. The van der Waals surface area contributed by atoms with E-state index in [9.17, 15) is 9.59 Å². The Bertz CT molecular complexity index is 1060. The first-order chi connectivity index (χ1) is 13.5. The van der Waals surface area contributed by atoms with Gasteiger partial charge >= 0.3 is 6.09 Å². The van der Waals surface area contributed by atoms with Gasteiger partial charge in [0.2, 0.25) is 0 Å². The van der Waals surface area contributed by atoms with E-state index in [0.29, 0.717) is 34.2 Å². The van der Waals surface area contributed by atoms with Crippen molar-refractivity contribution in [3.05, 3.63) is 77.9 Å². The minimum Gasteiger partial charge on any atom is -0.454 e. The van der Waals surface area contributed by atoms with Crippen LogP contribution >= 0.6 is 0 Å². The van der Waals surface area contributed by atoms with Gasteiger partial charge in [0.15, 0.2) is 5.75 Å². The highest BCUT2D eigenvalue weighted by molar-refractivity contribution is 6.10. The van der Waals surface area contributed by atoms with Gasteiger partial charge in [-0.05, 0) is 55.0 Å². The van der Waals surface area contributed by atoms with Gasteiger partial charge in [-0.3, -0.25) is 10.1 Å². The van der Waals surface area contributed by atoms with Crippen LogP contribution in [0.1, 0.15) is 15.9 Å². The Morgan fingerprint density at radius 3 is 2.54 bits per heavy atom. The fourth-order valence-electron chi connectivity index (χ4n) is 2.99. The average Bonchev–Trinajstić information content (AvgIpc) is 2.78. The third-order valence-corrected chi connectivity index (χ3v) is 4.41. The molecule has 0 fully saturated rings. The summed E-state index contributed by atoms with van der Waals surface area (Å²) in [4.78, 5) is 26.6. The molecule has 0 unspecified atom stereocenters. The van der Waals surface area contributed by atoms with Crippen molar-refractivity contribution in [2.45, 2.75) is 6.92 Å². The van der Waals surface area contributed by atoms with Crippen molar-refractivity contribution in [2.75, 3.05) is 17.3 Å². The highest BCUT2D eigenvalue weighted by Gasteiger charge is 2.26. The van der Waals surface area contributed by atoms with Crippen molar-refractivity contribution >= 4 is 23.4 Å². The summed E-state index contributed by atoms with van der Waals surface area (Å²) in [6.07, 6.45) is -0.639. The number of rotatable bonds is 2. The molecule has 140 valence electrons. The Kier molecular flexibility index (Phi) is 4.45. The molecule has 1 heterocycles. The van der Waals surface area contributed by atoms with Crippen LogP contribution in [0.5, 0.6) is 17.2 Å². The second-order valence-electron chi connectivity index (χ2n) is 6.48. The third kappa shape index (κ3) is 3.40. The van der Waals surface area contributed by atoms with Gasteiger partial charge in [0.25, 0.3) is 5.91 Å². The smallest absolute Gasteiger partial charge is 0.417 e. The van der Waals surface area contributed by atoms with Crippen LogP contribution in [0.25, 0.3) is 0 Å². The minimum absolute atomic E-state index is 0.223. The van der Waals surface area contributed by atoms with Crippen LogP contribution in [0.2, 0.25) is 0 Å². The number of hydrogen-bond acceptors (Lipinski definition) is 4. The molecule has 6 nitrogen and oxygen atoms in total. The molecule has 0 radical (unpaired) electrons. The van der Waals surface area contributed by atoms with E-state index in [1.165, 1.54) is 0 Å². The molecule has 0 atom stereocenters. The number of carbonyl (C=O) groups excluding carboxylic acids is 2. The van der Waals surface area contributed by atoms with Crippen molar-refractivity contribution in [1.82, 2.24) is 0 Å². The van der Waals surface area contributed by atoms with Crippen LogP contribution in [0.4, 0.5) is 16.2 Å². The van der Waals surface area contributed by atoms with Gasteiger partial charge in [-0.1, -0.05) is 24.3 Å². The van der Waals surface area contributed by atoms with Crippen molar-refractivity contribution in [3.8, 4) is 17.2 Å². The third-order valence-electron chi connectivity index (χ3n) is 4.41. The fraction of sp³-hybridized carbons (Fsp3) is 0.0909. The molecule has 0 bridgehead atoms. The number of nitrogens with one attached hydrogen (secondary N) is 1. The first-order valence-corrected chi connectivity index (χ1v) is 8.76. The molecule has 1 N–H and O–H groups in total. The average molecular weight is 374 g/mol. The number of amides is 2. The maximum atomic E-state index is 12.9. The lowest BCUT2D eigenvalue weighted by Crippen LogP contribution is -2.25. The summed E-state index contributed by atoms with van der Waals surface area (Å²) in [7, 11) is 1.70. The van der Waals surface area contributed by atoms with Gasteiger partial charge in [0, 0.05) is 12.7 Å². The summed E-state index contributed by atoms with van der Waals surface area (Å²) >= 11 is 0. The molecule has 0 saturated carbocycles. The van der Waals surface area contributed by atoms with Crippen molar-refractivity contribution in [1.29, 1.82) is 0 Å². The monoisotopic (exact) mass is 374 g/mol. The molecule has 6 heteroatoms. The molecule has 0 saturated heterocycles. The lowest BCUT2D eigenvalue weighted by Gasteiger charge is -2.16. The maximum absolute atomic E-state index is 12.9. The largest absolute Gasteiger partial charge is 0.454 e. The Hall–Kier alpha value is -3.80. The van der Waals surface area contributed by atoms with E-state index < -0.39 is 6.09 Å². The number of anilines is 2. The predicted octanol–water partition coefficient (Wildman–Crippen LogP) is 4.99. The summed E-state index contributed by atoms with van der Waals surface area (Å²) in [5, 5.41) is 2.64. The number of fused-ring (bicyclic) bond motifs is 2. The van der Waals surface area contributed by atoms with Gasteiger partial charge in [-0.25, -0.2) is 4.79 Å². The molecule has 3 aromatic carbocycles. The quantitative estimate of drug-likeness (QED) is 0.686.